The largest absolute Gasteiger partial charge is 0.241 e. The monoisotopic (exact) mass is 221 g/mol. The fourth-order valence-electron chi connectivity index (χ4n) is 1.15. The van der Waals surface area contributed by atoms with E-state index in [2.05, 4.69) is 20.9 Å². The van der Waals surface area contributed by atoms with E-state index < -0.39 is 6.17 Å². The number of hydrogen-bond acceptors (Lipinski definition) is 2. The summed E-state index contributed by atoms with van der Waals surface area (Å²) in [5, 5.41) is 0. The summed E-state index contributed by atoms with van der Waals surface area (Å²) in [6.07, 6.45) is 0.679. The lowest BCUT2D eigenvalue weighted by Crippen LogP contribution is -1.76. The summed E-state index contributed by atoms with van der Waals surface area (Å²) < 4.78 is 13.7. The first-order chi connectivity index (χ1) is 4.77. The summed E-state index contributed by atoms with van der Waals surface area (Å²) in [7, 11) is 0. The van der Waals surface area contributed by atoms with Crippen LogP contribution in [-0.4, -0.2) is 4.98 Å². The minimum atomic E-state index is -0.751. The summed E-state index contributed by atoms with van der Waals surface area (Å²) >= 11 is 4.64. The van der Waals surface area contributed by atoms with Gasteiger partial charge in [-0.2, -0.15) is 0 Å². The van der Waals surface area contributed by atoms with Gasteiger partial charge in [0.1, 0.15) is 6.17 Å². The first-order valence-corrected chi connectivity index (χ1v) is 4.67. The van der Waals surface area contributed by atoms with Crippen molar-refractivity contribution in [2.75, 3.05) is 0 Å². The average molecular weight is 222 g/mol. The van der Waals surface area contributed by atoms with E-state index in [9.17, 15) is 4.39 Å². The maximum absolute atomic E-state index is 12.9. The molecular weight excluding hydrogens is 217 g/mol. The second kappa shape index (κ2) is 2.27. The quantitative estimate of drug-likeness (QED) is 0.657. The van der Waals surface area contributed by atoms with Crippen LogP contribution < -0.4 is 0 Å². The topological polar surface area (TPSA) is 12.9 Å². The Morgan fingerprint density at radius 1 is 1.70 bits per heavy atom. The number of aromatic nitrogens is 1. The van der Waals surface area contributed by atoms with Crippen LogP contribution in [-0.2, 0) is 6.42 Å². The van der Waals surface area contributed by atoms with Crippen LogP contribution in [0.15, 0.2) is 3.92 Å². The van der Waals surface area contributed by atoms with E-state index in [4.69, 9.17) is 0 Å². The van der Waals surface area contributed by atoms with Crippen LogP contribution in [0.2, 0.25) is 0 Å². The molecule has 1 unspecified atom stereocenters. The highest BCUT2D eigenvalue weighted by Crippen LogP contribution is 2.39. The number of aryl methyl sites for hydroxylation is 1. The summed E-state index contributed by atoms with van der Waals surface area (Å²) in [4.78, 5) is 4.96. The number of fused-ring (bicyclic) bond motifs is 1. The number of rotatable bonds is 0. The summed E-state index contributed by atoms with van der Waals surface area (Å²) in [6, 6.07) is 0. The molecule has 0 N–H and O–H groups in total. The van der Waals surface area contributed by atoms with Crippen molar-refractivity contribution < 1.29 is 4.39 Å². The third-order valence-electron chi connectivity index (χ3n) is 1.62. The Balaban J connectivity index is 2.49. The van der Waals surface area contributed by atoms with Gasteiger partial charge in [0, 0.05) is 0 Å². The zero-order valence-corrected chi connectivity index (χ0v) is 7.51. The number of thiazole rings is 1. The van der Waals surface area contributed by atoms with Crippen LogP contribution in [0.5, 0.6) is 0 Å². The normalized spacial score (nSPS) is 23.2. The molecule has 0 aliphatic heterocycles. The average Bonchev–Trinajstić information content (AvgIpc) is 2.35. The molecule has 1 aliphatic rings. The van der Waals surface area contributed by atoms with Crippen molar-refractivity contribution in [1.29, 1.82) is 0 Å². The molecule has 1 aliphatic carbocycles. The fourth-order valence-corrected chi connectivity index (χ4v) is 2.74. The van der Waals surface area contributed by atoms with Crippen molar-refractivity contribution in [2.24, 2.45) is 0 Å². The molecule has 1 aromatic rings. The van der Waals surface area contributed by atoms with Crippen molar-refractivity contribution in [1.82, 2.24) is 4.98 Å². The van der Waals surface area contributed by atoms with E-state index in [0.29, 0.717) is 6.42 Å². The summed E-state index contributed by atoms with van der Waals surface area (Å²) in [5.41, 5.74) is 0.948. The van der Waals surface area contributed by atoms with Gasteiger partial charge in [-0.25, -0.2) is 9.37 Å². The second-order valence-electron chi connectivity index (χ2n) is 2.28. The Bertz CT molecular complexity index is 260. The Labute approximate surface area is 70.4 Å². The van der Waals surface area contributed by atoms with Crippen molar-refractivity contribution >= 4 is 27.3 Å². The van der Waals surface area contributed by atoms with Gasteiger partial charge in [0.25, 0.3) is 0 Å². The molecule has 1 nitrogen and oxygen atoms in total. The molecule has 0 saturated heterocycles. The van der Waals surface area contributed by atoms with Crippen LogP contribution in [0.3, 0.4) is 0 Å². The van der Waals surface area contributed by atoms with Crippen LogP contribution >= 0.6 is 27.3 Å². The molecule has 10 heavy (non-hydrogen) atoms. The van der Waals surface area contributed by atoms with E-state index in [1.165, 1.54) is 11.3 Å². The molecule has 0 radical (unpaired) electrons. The van der Waals surface area contributed by atoms with Gasteiger partial charge in [0.2, 0.25) is 0 Å². The molecule has 0 amide bonds. The van der Waals surface area contributed by atoms with Crippen LogP contribution in [0.1, 0.15) is 23.2 Å². The molecular formula is C6H5BrFNS. The number of alkyl halides is 1. The second-order valence-corrected chi connectivity index (χ2v) is 4.59. The maximum Gasteiger partial charge on any atom is 0.159 e. The summed E-state index contributed by atoms with van der Waals surface area (Å²) in [5.74, 6) is 0. The molecule has 0 bridgehead atoms. The number of halogens is 2. The van der Waals surface area contributed by atoms with E-state index in [0.717, 1.165) is 20.9 Å². The molecule has 0 spiro atoms. The molecule has 1 atom stereocenters. The molecule has 0 saturated carbocycles. The third kappa shape index (κ3) is 0.900. The smallest absolute Gasteiger partial charge is 0.159 e. The van der Waals surface area contributed by atoms with Crippen molar-refractivity contribution in [3.8, 4) is 0 Å². The lowest BCUT2D eigenvalue weighted by molar-refractivity contribution is 0.348. The lowest BCUT2D eigenvalue weighted by atomic mass is 10.3. The highest BCUT2D eigenvalue weighted by Gasteiger charge is 2.25. The van der Waals surface area contributed by atoms with Crippen molar-refractivity contribution in [3.63, 3.8) is 0 Å². The first-order valence-electron chi connectivity index (χ1n) is 3.06. The molecule has 4 heteroatoms. The Hall–Kier alpha value is 0.0400. The first kappa shape index (κ1) is 6.73. The van der Waals surface area contributed by atoms with Crippen molar-refractivity contribution in [3.05, 3.63) is 14.5 Å². The highest BCUT2D eigenvalue weighted by atomic mass is 79.9. The molecule has 54 valence electrons. The van der Waals surface area contributed by atoms with Crippen LogP contribution in [0.4, 0.5) is 4.39 Å². The third-order valence-corrected chi connectivity index (χ3v) is 3.25. The van der Waals surface area contributed by atoms with Crippen LogP contribution in [0, 0.1) is 0 Å². The SMILES string of the molecule is FC1CCc2nc(Br)sc21. The van der Waals surface area contributed by atoms with E-state index >= 15 is 0 Å². The zero-order valence-electron chi connectivity index (χ0n) is 5.10. The predicted molar refractivity (Wildman–Crippen MR) is 42.0 cm³/mol. The van der Waals surface area contributed by atoms with Crippen LogP contribution in [0.25, 0.3) is 0 Å². The molecule has 2 rings (SSSR count). The van der Waals surface area contributed by atoms with E-state index in [1.807, 2.05) is 0 Å². The highest BCUT2D eigenvalue weighted by molar-refractivity contribution is 9.11. The van der Waals surface area contributed by atoms with Gasteiger partial charge >= 0.3 is 0 Å². The zero-order chi connectivity index (χ0) is 7.14. The minimum Gasteiger partial charge on any atom is -0.241 e. The molecule has 1 heterocycles. The van der Waals surface area contributed by atoms with Gasteiger partial charge in [-0.3, -0.25) is 0 Å². The van der Waals surface area contributed by atoms with E-state index in [1.54, 1.807) is 0 Å². The standard InChI is InChI=1S/C6H5BrFNS/c7-6-9-4-2-1-3(8)5(4)10-6/h3H,1-2H2. The van der Waals surface area contributed by atoms with Gasteiger partial charge in [0.05, 0.1) is 10.6 Å². The number of nitrogens with zero attached hydrogens (tertiary/aromatic N) is 1. The minimum absolute atomic E-state index is 0.626. The van der Waals surface area contributed by atoms with Gasteiger partial charge in [-0.05, 0) is 28.8 Å². The van der Waals surface area contributed by atoms with Gasteiger partial charge < -0.3 is 0 Å². The molecule has 0 fully saturated rings. The molecule has 0 aromatic carbocycles. The van der Waals surface area contributed by atoms with Gasteiger partial charge in [-0.1, -0.05) is 0 Å². The lowest BCUT2D eigenvalue weighted by Gasteiger charge is -1.91. The maximum atomic E-state index is 12.9. The predicted octanol–water partition coefficient (Wildman–Crippen LogP) is 2.86. The Morgan fingerprint density at radius 2 is 2.50 bits per heavy atom. The van der Waals surface area contributed by atoms with Gasteiger partial charge in [-0.15, -0.1) is 11.3 Å². The molecule has 1 aromatic heterocycles. The van der Waals surface area contributed by atoms with E-state index in [-0.39, 0.29) is 0 Å². The Morgan fingerprint density at radius 3 is 3.20 bits per heavy atom. The van der Waals surface area contributed by atoms with Gasteiger partial charge in [0.15, 0.2) is 3.92 Å². The Kier molecular flexibility index (Phi) is 1.53. The summed E-state index contributed by atoms with van der Waals surface area (Å²) in [6.45, 7) is 0. The number of hydrogen-bond donors (Lipinski definition) is 0. The fraction of sp³-hybridized carbons (Fsp3) is 0.500. The van der Waals surface area contributed by atoms with Crippen molar-refractivity contribution in [2.45, 2.75) is 19.0 Å².